The smallest absolute Gasteiger partial charge is 0.230 e. The number of aromatic nitrogens is 1. The molecule has 3 aromatic rings. The molecule has 0 saturated heterocycles. The number of carbonyl (C=O) groups is 2. The summed E-state index contributed by atoms with van der Waals surface area (Å²) in [5.74, 6) is -0.0523. The lowest BCUT2D eigenvalue weighted by atomic mass is 9.85. The van der Waals surface area contributed by atoms with Gasteiger partial charge in [0.2, 0.25) is 5.91 Å². The largest absolute Gasteiger partial charge is 1.00 e. The van der Waals surface area contributed by atoms with Crippen molar-refractivity contribution in [1.82, 2.24) is 4.98 Å². The van der Waals surface area contributed by atoms with Gasteiger partial charge in [-0.3, -0.25) is 14.6 Å². The van der Waals surface area contributed by atoms with Gasteiger partial charge in [-0.15, -0.1) is 0 Å². The van der Waals surface area contributed by atoms with Gasteiger partial charge in [-0.1, -0.05) is 18.2 Å². The Morgan fingerprint density at radius 3 is 2.53 bits per heavy atom. The van der Waals surface area contributed by atoms with E-state index in [0.717, 1.165) is 46.1 Å². The quantitative estimate of drug-likeness (QED) is 0.311. The van der Waals surface area contributed by atoms with Gasteiger partial charge in [0.1, 0.15) is 0 Å². The minimum Gasteiger partial charge on any atom is -1.00 e. The van der Waals surface area contributed by atoms with Crippen molar-refractivity contribution < 1.29 is 38.0 Å². The molecule has 0 atom stereocenters. The fourth-order valence-corrected chi connectivity index (χ4v) is 3.92. The topological polar surface area (TPSA) is 59.1 Å². The Balaban J connectivity index is 0.00000256. The maximum atomic E-state index is 13.1. The second-order valence-electron chi connectivity index (χ2n) is 7.93. The Bertz CT molecular complexity index is 1120. The number of quaternary nitrogens is 1. The van der Waals surface area contributed by atoms with E-state index in [1.807, 2.05) is 36.4 Å². The summed E-state index contributed by atoms with van der Waals surface area (Å²) < 4.78 is 0.864. The molecule has 4 rings (SSSR count). The molecule has 1 N–H and O–H groups in total. The number of benzene rings is 2. The number of halogens is 1. The summed E-state index contributed by atoms with van der Waals surface area (Å²) in [4.78, 5) is 30.1. The van der Waals surface area contributed by atoms with Crippen LogP contribution in [0.5, 0.6) is 0 Å². The third kappa shape index (κ3) is 3.98. The SMILES string of the molecule is CC[N+](C)(CC)CCC(=O)Nc1ccc2c(c1)C(=O)c1cccc3ccnc-2c13.[I-]. The molecule has 0 radical (unpaired) electrons. The summed E-state index contributed by atoms with van der Waals surface area (Å²) in [6, 6.07) is 13.2. The number of nitrogens with zero attached hydrogens (tertiary/aromatic N) is 2. The van der Waals surface area contributed by atoms with Crippen molar-refractivity contribution in [2.75, 3.05) is 32.0 Å². The van der Waals surface area contributed by atoms with Crippen LogP contribution < -0.4 is 29.3 Å². The van der Waals surface area contributed by atoms with Crippen molar-refractivity contribution in [3.63, 3.8) is 0 Å². The van der Waals surface area contributed by atoms with Gasteiger partial charge in [0.25, 0.3) is 0 Å². The average molecular weight is 515 g/mol. The van der Waals surface area contributed by atoms with Crippen LogP contribution in [0.4, 0.5) is 5.69 Å². The number of hydrogen-bond donors (Lipinski definition) is 1. The average Bonchev–Trinajstić information content (AvgIpc) is 2.75. The molecule has 0 spiro atoms. The van der Waals surface area contributed by atoms with E-state index in [0.29, 0.717) is 23.2 Å². The number of rotatable bonds is 6. The summed E-state index contributed by atoms with van der Waals surface area (Å²) in [6.45, 7) is 7.07. The van der Waals surface area contributed by atoms with E-state index in [2.05, 4.69) is 31.2 Å². The third-order valence-corrected chi connectivity index (χ3v) is 6.24. The van der Waals surface area contributed by atoms with Crippen LogP contribution in [-0.2, 0) is 4.79 Å². The molecule has 0 saturated carbocycles. The Kier molecular flexibility index (Phi) is 6.57. The van der Waals surface area contributed by atoms with E-state index in [1.54, 1.807) is 12.3 Å². The number of ketones is 1. The Morgan fingerprint density at radius 1 is 1.03 bits per heavy atom. The molecule has 156 valence electrons. The minimum absolute atomic E-state index is 0. The molecule has 30 heavy (non-hydrogen) atoms. The number of anilines is 1. The van der Waals surface area contributed by atoms with Crippen molar-refractivity contribution >= 4 is 28.2 Å². The number of hydrogen-bond acceptors (Lipinski definition) is 3. The molecular weight excluding hydrogens is 489 g/mol. The summed E-state index contributed by atoms with van der Waals surface area (Å²) in [5, 5.41) is 4.87. The van der Waals surface area contributed by atoms with Crippen LogP contribution in [0.15, 0.2) is 48.7 Å². The first kappa shape index (κ1) is 22.4. The van der Waals surface area contributed by atoms with Crippen LogP contribution in [0.2, 0.25) is 0 Å². The number of pyridine rings is 1. The number of nitrogens with one attached hydrogen (secondary N) is 1. The van der Waals surface area contributed by atoms with Gasteiger partial charge in [-0.25, -0.2) is 0 Å². The molecule has 1 amide bonds. The van der Waals surface area contributed by atoms with Gasteiger partial charge < -0.3 is 33.8 Å². The lowest BCUT2D eigenvalue weighted by Crippen LogP contribution is -3.00. The summed E-state index contributed by atoms with van der Waals surface area (Å²) in [5.41, 5.74) is 3.55. The van der Waals surface area contributed by atoms with Gasteiger partial charge in [0, 0.05) is 34.0 Å². The first-order valence-corrected chi connectivity index (χ1v) is 10.2. The molecule has 0 bridgehead atoms. The summed E-state index contributed by atoms with van der Waals surface area (Å²) >= 11 is 0. The molecule has 0 aliphatic heterocycles. The molecule has 5 nitrogen and oxygen atoms in total. The maximum absolute atomic E-state index is 13.1. The van der Waals surface area contributed by atoms with E-state index in [1.165, 1.54) is 0 Å². The van der Waals surface area contributed by atoms with Crippen molar-refractivity contribution in [2.45, 2.75) is 20.3 Å². The Hall–Kier alpha value is -2.32. The molecule has 1 aromatic heterocycles. The minimum atomic E-state index is -0.0277. The van der Waals surface area contributed by atoms with Gasteiger partial charge >= 0.3 is 0 Å². The second kappa shape index (κ2) is 8.81. The summed E-state index contributed by atoms with van der Waals surface area (Å²) in [6.07, 6.45) is 2.22. The van der Waals surface area contributed by atoms with E-state index in [-0.39, 0.29) is 35.7 Å². The zero-order valence-corrected chi connectivity index (χ0v) is 19.7. The monoisotopic (exact) mass is 515 g/mol. The van der Waals surface area contributed by atoms with Crippen LogP contribution in [0.25, 0.3) is 22.0 Å². The van der Waals surface area contributed by atoms with Crippen molar-refractivity contribution in [3.8, 4) is 11.3 Å². The predicted molar refractivity (Wildman–Crippen MR) is 116 cm³/mol. The van der Waals surface area contributed by atoms with Gasteiger partial charge in [0.15, 0.2) is 5.78 Å². The van der Waals surface area contributed by atoms with Gasteiger partial charge in [0.05, 0.1) is 38.8 Å². The van der Waals surface area contributed by atoms with Crippen LogP contribution in [0.3, 0.4) is 0 Å². The van der Waals surface area contributed by atoms with E-state index in [4.69, 9.17) is 0 Å². The molecule has 6 heteroatoms. The maximum Gasteiger partial charge on any atom is 0.230 e. The second-order valence-corrected chi connectivity index (χ2v) is 7.93. The zero-order chi connectivity index (χ0) is 20.6. The third-order valence-electron chi connectivity index (χ3n) is 6.24. The molecule has 2 aromatic carbocycles. The molecule has 0 fully saturated rings. The Morgan fingerprint density at radius 2 is 1.80 bits per heavy atom. The molecular formula is C24H26IN3O2. The number of carbonyl (C=O) groups excluding carboxylic acids is 2. The first-order chi connectivity index (χ1) is 14.0. The van der Waals surface area contributed by atoms with Gasteiger partial charge in [-0.2, -0.15) is 0 Å². The van der Waals surface area contributed by atoms with Crippen LogP contribution in [-0.4, -0.2) is 47.8 Å². The lowest BCUT2D eigenvalue weighted by molar-refractivity contribution is -0.905. The van der Waals surface area contributed by atoms with Crippen LogP contribution in [0, 0.1) is 0 Å². The van der Waals surface area contributed by atoms with Gasteiger partial charge in [-0.05, 0) is 43.5 Å². The van der Waals surface area contributed by atoms with Crippen molar-refractivity contribution in [1.29, 1.82) is 0 Å². The van der Waals surface area contributed by atoms with Crippen LogP contribution in [0.1, 0.15) is 36.2 Å². The van der Waals surface area contributed by atoms with Crippen LogP contribution >= 0.6 is 0 Å². The number of fused-ring (bicyclic) bond motifs is 2. The highest BCUT2D eigenvalue weighted by molar-refractivity contribution is 6.25. The molecule has 1 aliphatic rings. The lowest BCUT2D eigenvalue weighted by Gasteiger charge is -2.31. The zero-order valence-electron chi connectivity index (χ0n) is 17.5. The first-order valence-electron chi connectivity index (χ1n) is 10.2. The van der Waals surface area contributed by atoms with E-state index in [9.17, 15) is 9.59 Å². The highest BCUT2D eigenvalue weighted by Crippen LogP contribution is 2.38. The molecule has 1 aliphatic carbocycles. The normalized spacial score (nSPS) is 12.3. The highest BCUT2D eigenvalue weighted by Gasteiger charge is 2.26. The predicted octanol–water partition coefficient (Wildman–Crippen LogP) is 1.27. The Labute approximate surface area is 194 Å². The van der Waals surface area contributed by atoms with Crippen molar-refractivity contribution in [3.05, 3.63) is 59.8 Å². The highest BCUT2D eigenvalue weighted by atomic mass is 127. The van der Waals surface area contributed by atoms with E-state index >= 15 is 0 Å². The standard InChI is InChI=1S/C24H25N3O2.HI/c1-4-27(3,5-2)14-12-21(28)26-17-9-10-18-20(15-17)24(29)19-8-6-7-16-11-13-25-23(18)22(16)19;/h6-11,13,15H,4-5,12,14H2,1-3H3;1H. The fraction of sp³-hybridized carbons (Fsp3) is 0.292. The number of amides is 1. The molecule has 1 heterocycles. The summed E-state index contributed by atoms with van der Waals surface area (Å²) in [7, 11) is 2.16. The van der Waals surface area contributed by atoms with E-state index < -0.39 is 0 Å². The fourth-order valence-electron chi connectivity index (χ4n) is 3.92. The molecule has 0 unspecified atom stereocenters. The van der Waals surface area contributed by atoms with Crippen molar-refractivity contribution in [2.24, 2.45) is 0 Å².